The van der Waals surface area contributed by atoms with Crippen LogP contribution in [-0.2, 0) is 0 Å². The molecular weight excluding hydrogens is 188 g/mol. The second-order valence-electron chi connectivity index (χ2n) is 3.38. The van der Waals surface area contributed by atoms with Gasteiger partial charge in [-0.15, -0.1) is 0 Å². The monoisotopic (exact) mass is 200 g/mol. The Morgan fingerprint density at radius 1 is 1.20 bits per heavy atom. The SMILES string of the molecule is Cc1ncccc1-c1c(N)cccc1O. The molecule has 0 unspecified atom stereocenters. The molecule has 3 nitrogen and oxygen atoms in total. The molecular formula is C12H12N2O. The van der Waals surface area contributed by atoms with Gasteiger partial charge in [0.05, 0.1) is 0 Å². The van der Waals surface area contributed by atoms with Crippen molar-refractivity contribution in [1.29, 1.82) is 0 Å². The first kappa shape index (κ1) is 9.52. The van der Waals surface area contributed by atoms with Gasteiger partial charge in [0.1, 0.15) is 5.75 Å². The summed E-state index contributed by atoms with van der Waals surface area (Å²) in [5.41, 5.74) is 8.77. The summed E-state index contributed by atoms with van der Waals surface area (Å²) < 4.78 is 0. The summed E-state index contributed by atoms with van der Waals surface area (Å²) in [6.45, 7) is 1.89. The molecule has 0 aliphatic heterocycles. The number of nitrogens with two attached hydrogens (primary N) is 1. The number of phenolic OH excluding ortho intramolecular Hbond substituents is 1. The first-order chi connectivity index (χ1) is 7.20. The van der Waals surface area contributed by atoms with Crippen LogP contribution in [0, 0.1) is 6.92 Å². The molecule has 1 aromatic carbocycles. The molecule has 0 saturated carbocycles. The average Bonchev–Trinajstić information content (AvgIpc) is 2.20. The zero-order valence-corrected chi connectivity index (χ0v) is 8.44. The summed E-state index contributed by atoms with van der Waals surface area (Å²) in [5.74, 6) is 0.186. The molecule has 15 heavy (non-hydrogen) atoms. The smallest absolute Gasteiger partial charge is 0.125 e. The van der Waals surface area contributed by atoms with E-state index in [1.54, 1.807) is 24.4 Å². The van der Waals surface area contributed by atoms with Gasteiger partial charge in [0, 0.05) is 28.7 Å². The van der Waals surface area contributed by atoms with Crippen molar-refractivity contribution in [3.8, 4) is 16.9 Å². The molecule has 0 amide bonds. The third kappa shape index (κ3) is 1.64. The lowest BCUT2D eigenvalue weighted by Gasteiger charge is -2.09. The number of anilines is 1. The van der Waals surface area contributed by atoms with Crippen molar-refractivity contribution in [3.63, 3.8) is 0 Å². The van der Waals surface area contributed by atoms with Crippen LogP contribution in [0.2, 0.25) is 0 Å². The lowest BCUT2D eigenvalue weighted by molar-refractivity contribution is 0.477. The maximum absolute atomic E-state index is 9.76. The first-order valence-electron chi connectivity index (χ1n) is 4.69. The Morgan fingerprint density at radius 3 is 2.67 bits per heavy atom. The number of aromatic hydroxyl groups is 1. The van der Waals surface area contributed by atoms with Crippen LogP contribution in [0.4, 0.5) is 5.69 Å². The third-order valence-corrected chi connectivity index (χ3v) is 2.35. The van der Waals surface area contributed by atoms with Gasteiger partial charge in [-0.2, -0.15) is 0 Å². The van der Waals surface area contributed by atoms with E-state index in [2.05, 4.69) is 4.98 Å². The number of rotatable bonds is 1. The Balaban J connectivity index is 2.69. The fraction of sp³-hybridized carbons (Fsp3) is 0.0833. The number of phenols is 1. The van der Waals surface area contributed by atoms with Crippen LogP contribution in [0.15, 0.2) is 36.5 Å². The number of hydrogen-bond donors (Lipinski definition) is 2. The molecule has 0 spiro atoms. The number of nitrogens with zero attached hydrogens (tertiary/aromatic N) is 1. The second-order valence-corrected chi connectivity index (χ2v) is 3.38. The molecule has 3 N–H and O–H groups in total. The van der Waals surface area contributed by atoms with Crippen molar-refractivity contribution < 1.29 is 5.11 Å². The predicted molar refractivity (Wildman–Crippen MR) is 60.5 cm³/mol. The van der Waals surface area contributed by atoms with Crippen LogP contribution >= 0.6 is 0 Å². The molecule has 0 fully saturated rings. The van der Waals surface area contributed by atoms with Crippen molar-refractivity contribution in [2.45, 2.75) is 6.92 Å². The minimum Gasteiger partial charge on any atom is -0.507 e. The molecule has 0 aliphatic carbocycles. The van der Waals surface area contributed by atoms with Gasteiger partial charge in [-0.25, -0.2) is 0 Å². The molecule has 2 aromatic rings. The second kappa shape index (κ2) is 3.61. The van der Waals surface area contributed by atoms with Gasteiger partial charge in [-0.05, 0) is 25.1 Å². The first-order valence-corrected chi connectivity index (χ1v) is 4.69. The summed E-state index contributed by atoms with van der Waals surface area (Å²) >= 11 is 0. The molecule has 2 rings (SSSR count). The van der Waals surface area contributed by atoms with Gasteiger partial charge in [-0.1, -0.05) is 12.1 Å². The molecule has 0 radical (unpaired) electrons. The number of aryl methyl sites for hydroxylation is 1. The van der Waals surface area contributed by atoms with E-state index in [9.17, 15) is 5.11 Å². The van der Waals surface area contributed by atoms with Crippen molar-refractivity contribution in [2.75, 3.05) is 5.73 Å². The van der Waals surface area contributed by atoms with E-state index in [-0.39, 0.29) is 5.75 Å². The Hall–Kier alpha value is -2.03. The topological polar surface area (TPSA) is 59.1 Å². The van der Waals surface area contributed by atoms with E-state index in [0.29, 0.717) is 11.3 Å². The van der Waals surface area contributed by atoms with E-state index < -0.39 is 0 Å². The molecule has 0 atom stereocenters. The average molecular weight is 200 g/mol. The summed E-state index contributed by atoms with van der Waals surface area (Å²) in [6, 6.07) is 8.83. The van der Waals surface area contributed by atoms with Crippen molar-refractivity contribution in [3.05, 3.63) is 42.2 Å². The fourth-order valence-corrected chi connectivity index (χ4v) is 1.60. The predicted octanol–water partition coefficient (Wildman–Crippen LogP) is 2.34. The molecule has 0 saturated heterocycles. The van der Waals surface area contributed by atoms with E-state index in [0.717, 1.165) is 11.3 Å². The Bertz CT molecular complexity index is 474. The van der Waals surface area contributed by atoms with Crippen molar-refractivity contribution in [2.24, 2.45) is 0 Å². The Morgan fingerprint density at radius 2 is 2.00 bits per heavy atom. The molecule has 1 aromatic heterocycles. The van der Waals surface area contributed by atoms with Gasteiger partial charge in [0.25, 0.3) is 0 Å². The van der Waals surface area contributed by atoms with Crippen LogP contribution in [-0.4, -0.2) is 10.1 Å². The van der Waals surface area contributed by atoms with E-state index in [1.807, 2.05) is 19.1 Å². The number of hydrogen-bond acceptors (Lipinski definition) is 3. The van der Waals surface area contributed by atoms with Crippen LogP contribution in [0.1, 0.15) is 5.69 Å². The maximum Gasteiger partial charge on any atom is 0.125 e. The molecule has 3 heteroatoms. The number of nitrogen functional groups attached to an aromatic ring is 1. The normalized spacial score (nSPS) is 10.2. The van der Waals surface area contributed by atoms with Crippen LogP contribution in [0.3, 0.4) is 0 Å². The zero-order valence-electron chi connectivity index (χ0n) is 8.44. The highest BCUT2D eigenvalue weighted by Gasteiger charge is 2.10. The van der Waals surface area contributed by atoms with E-state index >= 15 is 0 Å². The minimum absolute atomic E-state index is 0.186. The molecule has 0 aliphatic rings. The van der Waals surface area contributed by atoms with Crippen molar-refractivity contribution in [1.82, 2.24) is 4.98 Å². The molecule has 76 valence electrons. The lowest BCUT2D eigenvalue weighted by Crippen LogP contribution is -1.93. The van der Waals surface area contributed by atoms with Gasteiger partial charge < -0.3 is 10.8 Å². The van der Waals surface area contributed by atoms with Gasteiger partial charge in [0.15, 0.2) is 0 Å². The highest BCUT2D eigenvalue weighted by Crippen LogP contribution is 2.35. The maximum atomic E-state index is 9.76. The number of benzene rings is 1. The molecule has 1 heterocycles. The summed E-state index contributed by atoms with van der Waals surface area (Å²) in [4.78, 5) is 4.17. The Kier molecular flexibility index (Phi) is 2.29. The summed E-state index contributed by atoms with van der Waals surface area (Å²) in [6.07, 6.45) is 1.72. The van der Waals surface area contributed by atoms with Crippen LogP contribution < -0.4 is 5.73 Å². The van der Waals surface area contributed by atoms with Gasteiger partial charge in [-0.3, -0.25) is 4.98 Å². The van der Waals surface area contributed by atoms with Crippen LogP contribution in [0.25, 0.3) is 11.1 Å². The standard InChI is InChI=1S/C12H12N2O/c1-8-9(4-3-7-14-8)12-10(13)5-2-6-11(12)15/h2-7,15H,13H2,1H3. The number of aromatic nitrogens is 1. The van der Waals surface area contributed by atoms with Gasteiger partial charge >= 0.3 is 0 Å². The highest BCUT2D eigenvalue weighted by atomic mass is 16.3. The summed E-state index contributed by atoms with van der Waals surface area (Å²) in [7, 11) is 0. The third-order valence-electron chi connectivity index (χ3n) is 2.35. The fourth-order valence-electron chi connectivity index (χ4n) is 1.60. The summed E-state index contributed by atoms with van der Waals surface area (Å²) in [5, 5.41) is 9.76. The van der Waals surface area contributed by atoms with Gasteiger partial charge in [0.2, 0.25) is 0 Å². The quantitative estimate of drug-likeness (QED) is 0.694. The van der Waals surface area contributed by atoms with Crippen LogP contribution in [0.5, 0.6) is 5.75 Å². The number of pyridine rings is 1. The van der Waals surface area contributed by atoms with Crippen molar-refractivity contribution >= 4 is 5.69 Å². The lowest BCUT2D eigenvalue weighted by atomic mass is 10.0. The zero-order chi connectivity index (χ0) is 10.8. The minimum atomic E-state index is 0.186. The Labute approximate surface area is 88.2 Å². The largest absolute Gasteiger partial charge is 0.507 e. The highest BCUT2D eigenvalue weighted by molar-refractivity contribution is 5.82. The van der Waals surface area contributed by atoms with E-state index in [4.69, 9.17) is 5.73 Å². The molecule has 0 bridgehead atoms. The van der Waals surface area contributed by atoms with E-state index in [1.165, 1.54) is 0 Å².